The number of ether oxygens (including phenoxy) is 2. The molecule has 1 saturated heterocycles. The van der Waals surface area contributed by atoms with E-state index >= 15 is 0 Å². The second-order valence-electron chi connectivity index (χ2n) is 5.83. The number of fused-ring (bicyclic) bond motifs is 1. The molecule has 0 aromatic carbocycles. The molecule has 0 saturated carbocycles. The molecule has 2 rings (SSSR count). The lowest BCUT2D eigenvalue weighted by molar-refractivity contribution is -0.159. The first-order valence-corrected chi connectivity index (χ1v) is 7.92. The van der Waals surface area contributed by atoms with Crippen molar-refractivity contribution in [2.24, 2.45) is 11.8 Å². The van der Waals surface area contributed by atoms with Gasteiger partial charge in [0.2, 0.25) is 11.8 Å². The normalized spacial score (nSPS) is 23.8. The van der Waals surface area contributed by atoms with Gasteiger partial charge in [-0.15, -0.1) is 0 Å². The SMILES string of the molecule is COCCNC(=O)[C@@H](C)OC(=O)CN1C(=O)[C@H]2CC=CC[C@@H]2C1=O. The van der Waals surface area contributed by atoms with Gasteiger partial charge >= 0.3 is 5.97 Å². The highest BCUT2D eigenvalue weighted by Gasteiger charge is 2.47. The summed E-state index contributed by atoms with van der Waals surface area (Å²) < 4.78 is 9.80. The average Bonchev–Trinajstić information content (AvgIpc) is 2.80. The van der Waals surface area contributed by atoms with Crippen LogP contribution in [0.1, 0.15) is 19.8 Å². The van der Waals surface area contributed by atoms with Crippen molar-refractivity contribution in [1.29, 1.82) is 0 Å². The minimum Gasteiger partial charge on any atom is -0.451 e. The van der Waals surface area contributed by atoms with Crippen LogP contribution in [0.2, 0.25) is 0 Å². The molecule has 0 aromatic rings. The van der Waals surface area contributed by atoms with Crippen LogP contribution in [-0.4, -0.2) is 61.5 Å². The Kier molecular flexibility index (Phi) is 6.08. The number of rotatable bonds is 7. The molecular weight excluding hydrogens is 316 g/mol. The lowest BCUT2D eigenvalue weighted by Crippen LogP contribution is -2.41. The zero-order valence-electron chi connectivity index (χ0n) is 13.8. The number of imide groups is 1. The van der Waals surface area contributed by atoms with Crippen molar-refractivity contribution in [3.8, 4) is 0 Å². The van der Waals surface area contributed by atoms with Gasteiger partial charge in [-0.3, -0.25) is 24.1 Å². The lowest BCUT2D eigenvalue weighted by atomic mass is 9.85. The van der Waals surface area contributed by atoms with E-state index in [4.69, 9.17) is 9.47 Å². The highest BCUT2D eigenvalue weighted by Crippen LogP contribution is 2.34. The van der Waals surface area contributed by atoms with Crippen LogP contribution in [0.25, 0.3) is 0 Å². The van der Waals surface area contributed by atoms with Gasteiger partial charge in [-0.1, -0.05) is 12.2 Å². The van der Waals surface area contributed by atoms with Crippen molar-refractivity contribution in [3.63, 3.8) is 0 Å². The van der Waals surface area contributed by atoms with Crippen LogP contribution < -0.4 is 5.32 Å². The van der Waals surface area contributed by atoms with Crippen LogP contribution in [0, 0.1) is 11.8 Å². The molecule has 1 N–H and O–H groups in total. The van der Waals surface area contributed by atoms with Crippen molar-refractivity contribution in [1.82, 2.24) is 10.2 Å². The predicted octanol–water partition coefficient (Wildman–Crippen LogP) is -0.368. The fourth-order valence-electron chi connectivity index (χ4n) is 2.86. The molecule has 0 bridgehead atoms. The summed E-state index contributed by atoms with van der Waals surface area (Å²) in [4.78, 5) is 49.1. The van der Waals surface area contributed by atoms with Crippen LogP contribution in [0.4, 0.5) is 0 Å². The van der Waals surface area contributed by atoms with Crippen LogP contribution in [-0.2, 0) is 28.7 Å². The van der Waals surface area contributed by atoms with Crippen molar-refractivity contribution in [2.75, 3.05) is 26.8 Å². The maximum absolute atomic E-state index is 12.2. The molecule has 2 aliphatic rings. The number of carbonyl (C=O) groups is 4. The fourth-order valence-corrected chi connectivity index (χ4v) is 2.86. The highest BCUT2D eigenvalue weighted by atomic mass is 16.5. The van der Waals surface area contributed by atoms with Crippen LogP contribution in [0.5, 0.6) is 0 Å². The average molecular weight is 338 g/mol. The number of hydrogen-bond acceptors (Lipinski definition) is 6. The standard InChI is InChI=1S/C16H22N2O6/c1-10(14(20)17-7-8-23-2)24-13(19)9-18-15(21)11-5-3-4-6-12(11)16(18)22/h3-4,10-12H,5-9H2,1-2H3,(H,17,20)/t10-,11+,12+/m1/s1. The molecule has 0 aromatic heterocycles. The maximum Gasteiger partial charge on any atom is 0.326 e. The van der Waals surface area contributed by atoms with E-state index in [1.54, 1.807) is 0 Å². The first kappa shape index (κ1) is 18.1. The molecule has 1 heterocycles. The third kappa shape index (κ3) is 4.00. The van der Waals surface area contributed by atoms with Crippen LogP contribution >= 0.6 is 0 Å². The number of esters is 1. The quantitative estimate of drug-likeness (QED) is 0.294. The molecule has 3 atom stereocenters. The minimum atomic E-state index is -1.01. The summed E-state index contributed by atoms with van der Waals surface area (Å²) in [5.74, 6) is -2.70. The Bertz CT molecular complexity index is 533. The first-order chi connectivity index (χ1) is 11.5. The molecule has 0 unspecified atom stereocenters. The fraction of sp³-hybridized carbons (Fsp3) is 0.625. The van der Waals surface area contributed by atoms with Gasteiger partial charge in [0.1, 0.15) is 6.54 Å². The van der Waals surface area contributed by atoms with E-state index in [9.17, 15) is 19.2 Å². The van der Waals surface area contributed by atoms with Gasteiger partial charge in [0.05, 0.1) is 18.4 Å². The summed E-state index contributed by atoms with van der Waals surface area (Å²) in [6.07, 6.45) is 3.77. The van der Waals surface area contributed by atoms with E-state index in [0.717, 1.165) is 4.90 Å². The Morgan fingerprint density at radius 2 is 1.83 bits per heavy atom. The van der Waals surface area contributed by atoms with Gasteiger partial charge in [0.25, 0.3) is 5.91 Å². The first-order valence-electron chi connectivity index (χ1n) is 7.92. The van der Waals surface area contributed by atoms with Gasteiger partial charge in [0.15, 0.2) is 6.10 Å². The summed E-state index contributed by atoms with van der Waals surface area (Å²) in [5.41, 5.74) is 0. The summed E-state index contributed by atoms with van der Waals surface area (Å²) in [5, 5.41) is 2.54. The molecule has 1 fully saturated rings. The number of carbonyl (C=O) groups excluding carboxylic acids is 4. The Labute approximate surface area is 140 Å². The molecule has 132 valence electrons. The van der Waals surface area contributed by atoms with Crippen molar-refractivity contribution < 1.29 is 28.7 Å². The Balaban J connectivity index is 1.85. The van der Waals surface area contributed by atoms with Crippen molar-refractivity contribution in [3.05, 3.63) is 12.2 Å². The van der Waals surface area contributed by atoms with E-state index in [-0.39, 0.29) is 23.7 Å². The number of likely N-dealkylation sites (tertiary alicyclic amines) is 1. The number of allylic oxidation sites excluding steroid dienone is 2. The molecule has 0 spiro atoms. The summed E-state index contributed by atoms with van der Waals surface area (Å²) in [7, 11) is 1.51. The van der Waals surface area contributed by atoms with E-state index in [1.807, 2.05) is 12.2 Å². The lowest BCUT2D eigenvalue weighted by Gasteiger charge is -2.17. The van der Waals surface area contributed by atoms with Crippen molar-refractivity contribution >= 4 is 23.7 Å². The zero-order valence-corrected chi connectivity index (χ0v) is 13.8. The van der Waals surface area contributed by atoms with E-state index in [0.29, 0.717) is 26.0 Å². The molecule has 8 nitrogen and oxygen atoms in total. The molecule has 24 heavy (non-hydrogen) atoms. The topological polar surface area (TPSA) is 102 Å². The Morgan fingerprint density at radius 1 is 1.25 bits per heavy atom. The third-order valence-corrected chi connectivity index (χ3v) is 4.17. The van der Waals surface area contributed by atoms with E-state index in [1.165, 1.54) is 14.0 Å². The number of nitrogens with zero attached hydrogens (tertiary/aromatic N) is 1. The number of amides is 3. The zero-order chi connectivity index (χ0) is 17.7. The summed E-state index contributed by atoms with van der Waals surface area (Å²) in [6.45, 7) is 1.62. The monoisotopic (exact) mass is 338 g/mol. The predicted molar refractivity (Wildman–Crippen MR) is 82.5 cm³/mol. The Hall–Kier alpha value is -2.22. The van der Waals surface area contributed by atoms with E-state index in [2.05, 4.69) is 5.32 Å². The smallest absolute Gasteiger partial charge is 0.326 e. The number of methoxy groups -OCH3 is 1. The summed E-state index contributed by atoms with van der Waals surface area (Å²) in [6, 6.07) is 0. The number of hydrogen-bond donors (Lipinski definition) is 1. The van der Waals surface area contributed by atoms with E-state index < -0.39 is 24.5 Å². The molecule has 1 aliphatic heterocycles. The maximum atomic E-state index is 12.2. The van der Waals surface area contributed by atoms with Crippen molar-refractivity contribution in [2.45, 2.75) is 25.9 Å². The van der Waals surface area contributed by atoms with Gasteiger partial charge in [-0.05, 0) is 19.8 Å². The minimum absolute atomic E-state index is 0.302. The summed E-state index contributed by atoms with van der Waals surface area (Å²) >= 11 is 0. The van der Waals surface area contributed by atoms with Gasteiger partial charge in [-0.25, -0.2) is 0 Å². The number of nitrogens with one attached hydrogen (secondary N) is 1. The third-order valence-electron chi connectivity index (χ3n) is 4.17. The van der Waals surface area contributed by atoms with Gasteiger partial charge in [-0.2, -0.15) is 0 Å². The van der Waals surface area contributed by atoms with Crippen LogP contribution in [0.15, 0.2) is 12.2 Å². The Morgan fingerprint density at radius 3 is 2.38 bits per heavy atom. The largest absolute Gasteiger partial charge is 0.451 e. The molecule has 1 aliphatic carbocycles. The second kappa shape index (κ2) is 8.05. The molecule has 3 amide bonds. The second-order valence-corrected chi connectivity index (χ2v) is 5.83. The van der Waals surface area contributed by atoms with Gasteiger partial charge in [0, 0.05) is 13.7 Å². The molecule has 8 heteroatoms. The van der Waals surface area contributed by atoms with Crippen LogP contribution in [0.3, 0.4) is 0 Å². The van der Waals surface area contributed by atoms with Gasteiger partial charge < -0.3 is 14.8 Å². The highest BCUT2D eigenvalue weighted by molar-refractivity contribution is 6.07. The molecular formula is C16H22N2O6. The molecule has 0 radical (unpaired) electrons.